The highest BCUT2D eigenvalue weighted by Crippen LogP contribution is 2.40. The number of allylic oxidation sites excluding steroid dienone is 2. The number of hydrogen-bond acceptors (Lipinski definition) is 0. The molecule has 0 fully saturated rings. The van der Waals surface area contributed by atoms with Crippen LogP contribution in [0.4, 0.5) is 0 Å². The van der Waals surface area contributed by atoms with E-state index in [-0.39, 0.29) is 0 Å². The van der Waals surface area contributed by atoms with Gasteiger partial charge in [0.2, 0.25) is 0 Å². The average molecular weight is 695 g/mol. The maximum atomic E-state index is 2.41. The first-order valence-electron chi connectivity index (χ1n) is 18.6. The van der Waals surface area contributed by atoms with Crippen molar-refractivity contribution in [3.63, 3.8) is 0 Å². The summed E-state index contributed by atoms with van der Waals surface area (Å²) in [5, 5.41) is 7.61. The standard InChI is InChI=1S/C46H30N4.C4H8/c1-3-11-31(12-4-1)47-29-27-37-39(47)23-25-43-45(37)35-15-7-9-17-41(35)49(43)33-19-21-34(22-20-33)50-42-18-10-8-16-36(42)46-38-28-30-48(32-13-5-2-6-14-32)40(38)24-26-44(46)50;1-3-4-2/h1-30H;3-4H,1-2H3/b;4-3-. The molecule has 0 saturated heterocycles. The molecule has 258 valence electrons. The van der Waals surface area contributed by atoms with E-state index in [1.807, 2.05) is 26.0 Å². The molecule has 4 aromatic heterocycles. The molecule has 4 nitrogen and oxygen atoms in total. The van der Waals surface area contributed by atoms with Gasteiger partial charge >= 0.3 is 0 Å². The van der Waals surface area contributed by atoms with Gasteiger partial charge in [-0.2, -0.15) is 0 Å². The van der Waals surface area contributed by atoms with E-state index in [0.29, 0.717) is 0 Å². The van der Waals surface area contributed by atoms with Gasteiger partial charge in [0.05, 0.1) is 33.1 Å². The van der Waals surface area contributed by atoms with Crippen LogP contribution in [0.25, 0.3) is 88.2 Å². The molecule has 54 heavy (non-hydrogen) atoms. The normalized spacial score (nSPS) is 11.8. The van der Waals surface area contributed by atoms with E-state index >= 15 is 0 Å². The number of aromatic nitrogens is 4. The molecule has 0 radical (unpaired) electrons. The van der Waals surface area contributed by atoms with E-state index < -0.39 is 0 Å². The Balaban J connectivity index is 0.000000863. The summed E-state index contributed by atoms with van der Waals surface area (Å²) >= 11 is 0. The highest BCUT2D eigenvalue weighted by molar-refractivity contribution is 6.22. The lowest BCUT2D eigenvalue weighted by molar-refractivity contribution is 1.13. The molecule has 0 saturated carbocycles. The van der Waals surface area contributed by atoms with Crippen LogP contribution in [-0.2, 0) is 0 Å². The van der Waals surface area contributed by atoms with Crippen molar-refractivity contribution in [2.45, 2.75) is 13.8 Å². The van der Waals surface area contributed by atoms with Crippen molar-refractivity contribution < 1.29 is 0 Å². The van der Waals surface area contributed by atoms with Crippen LogP contribution in [0.3, 0.4) is 0 Å². The van der Waals surface area contributed by atoms with Crippen molar-refractivity contribution in [1.29, 1.82) is 0 Å². The molecule has 0 atom stereocenters. The van der Waals surface area contributed by atoms with Crippen molar-refractivity contribution in [2.24, 2.45) is 0 Å². The lowest BCUT2D eigenvalue weighted by atomic mass is 10.1. The second kappa shape index (κ2) is 12.9. The first kappa shape index (κ1) is 31.7. The molecule has 0 aliphatic carbocycles. The third-order valence-electron chi connectivity index (χ3n) is 10.8. The summed E-state index contributed by atoms with van der Waals surface area (Å²) in [6.45, 7) is 4.00. The van der Waals surface area contributed by atoms with E-state index in [0.717, 1.165) is 11.4 Å². The van der Waals surface area contributed by atoms with E-state index in [1.165, 1.54) is 76.8 Å². The van der Waals surface area contributed by atoms with Crippen LogP contribution in [-0.4, -0.2) is 18.3 Å². The predicted molar refractivity (Wildman–Crippen MR) is 229 cm³/mol. The number of para-hydroxylation sites is 4. The van der Waals surface area contributed by atoms with Gasteiger partial charge < -0.3 is 18.3 Å². The van der Waals surface area contributed by atoms with Gasteiger partial charge in [-0.1, -0.05) is 84.9 Å². The lowest BCUT2D eigenvalue weighted by Crippen LogP contribution is -1.97. The SMILES string of the molecule is C/C=C\C.c1ccc(-n2ccc3c4c5ccccc5n(-c5ccc(-n6c7ccccc7c7c8ccn(-c9ccccc9)c8ccc76)cc5)c4ccc32)cc1. The number of hydrogen-bond donors (Lipinski definition) is 0. The van der Waals surface area contributed by atoms with Gasteiger partial charge in [0.15, 0.2) is 0 Å². The maximum absolute atomic E-state index is 2.41. The average Bonchev–Trinajstić information content (AvgIpc) is 4.02. The fraction of sp³-hybridized carbons (Fsp3) is 0.0400. The summed E-state index contributed by atoms with van der Waals surface area (Å²) in [5.41, 5.74) is 11.9. The van der Waals surface area contributed by atoms with Crippen LogP contribution in [0.5, 0.6) is 0 Å². The summed E-state index contributed by atoms with van der Waals surface area (Å²) in [6.07, 6.45) is 8.38. The molecule has 0 amide bonds. The minimum atomic E-state index is 1.14. The van der Waals surface area contributed by atoms with Crippen molar-refractivity contribution in [3.05, 3.63) is 194 Å². The van der Waals surface area contributed by atoms with Crippen LogP contribution < -0.4 is 0 Å². The zero-order valence-electron chi connectivity index (χ0n) is 30.3. The van der Waals surface area contributed by atoms with Gasteiger partial charge in [-0.15, -0.1) is 0 Å². The first-order valence-corrected chi connectivity index (χ1v) is 18.6. The second-order valence-corrected chi connectivity index (χ2v) is 13.7. The third kappa shape index (κ3) is 4.84. The largest absolute Gasteiger partial charge is 0.317 e. The van der Waals surface area contributed by atoms with Crippen molar-refractivity contribution in [3.8, 4) is 22.7 Å². The van der Waals surface area contributed by atoms with Crippen molar-refractivity contribution >= 4 is 65.4 Å². The molecule has 4 heteroatoms. The van der Waals surface area contributed by atoms with Crippen LogP contribution in [0.2, 0.25) is 0 Å². The monoisotopic (exact) mass is 694 g/mol. The summed E-state index contributed by atoms with van der Waals surface area (Å²) in [5.74, 6) is 0. The minimum absolute atomic E-state index is 1.14. The Morgan fingerprint density at radius 2 is 0.648 bits per heavy atom. The fourth-order valence-corrected chi connectivity index (χ4v) is 8.30. The van der Waals surface area contributed by atoms with Gasteiger partial charge in [-0.25, -0.2) is 0 Å². The summed E-state index contributed by atoms with van der Waals surface area (Å²) in [6, 6.07) is 61.4. The number of rotatable bonds is 4. The molecule has 0 bridgehead atoms. The Morgan fingerprint density at radius 1 is 0.296 bits per heavy atom. The van der Waals surface area contributed by atoms with Gasteiger partial charge in [0.25, 0.3) is 0 Å². The van der Waals surface area contributed by atoms with E-state index in [1.54, 1.807) is 0 Å². The summed E-state index contributed by atoms with van der Waals surface area (Å²) in [7, 11) is 0. The lowest BCUT2D eigenvalue weighted by Gasteiger charge is -2.12. The number of benzene rings is 7. The fourth-order valence-electron chi connectivity index (χ4n) is 8.30. The van der Waals surface area contributed by atoms with Gasteiger partial charge in [-0.05, 0) is 111 Å². The molecule has 0 aliphatic rings. The molecule has 11 aromatic rings. The molecule has 7 aromatic carbocycles. The molecular formula is C50H38N4. The first-order chi connectivity index (χ1) is 26.7. The zero-order chi connectivity index (χ0) is 36.2. The highest BCUT2D eigenvalue weighted by atomic mass is 15.0. The van der Waals surface area contributed by atoms with Crippen LogP contribution in [0, 0.1) is 0 Å². The van der Waals surface area contributed by atoms with Gasteiger partial charge in [-0.3, -0.25) is 0 Å². The Labute approximate surface area is 313 Å². The number of fused-ring (bicyclic) bond motifs is 10. The van der Waals surface area contributed by atoms with E-state index in [4.69, 9.17) is 0 Å². The Morgan fingerprint density at radius 3 is 1.06 bits per heavy atom. The Kier molecular flexibility index (Phi) is 7.55. The Hall–Kier alpha value is -7.04. The predicted octanol–water partition coefficient (Wildman–Crippen LogP) is 13.4. The van der Waals surface area contributed by atoms with Crippen molar-refractivity contribution in [2.75, 3.05) is 0 Å². The van der Waals surface area contributed by atoms with Crippen molar-refractivity contribution in [1.82, 2.24) is 18.3 Å². The smallest absolute Gasteiger partial charge is 0.0548 e. The van der Waals surface area contributed by atoms with Crippen LogP contribution in [0.15, 0.2) is 194 Å². The quantitative estimate of drug-likeness (QED) is 0.163. The van der Waals surface area contributed by atoms with Crippen LogP contribution in [0.1, 0.15) is 13.8 Å². The molecule has 0 aliphatic heterocycles. The van der Waals surface area contributed by atoms with E-state index in [9.17, 15) is 0 Å². The molecule has 11 rings (SSSR count). The molecule has 0 spiro atoms. The zero-order valence-corrected chi connectivity index (χ0v) is 30.3. The third-order valence-corrected chi connectivity index (χ3v) is 10.8. The highest BCUT2D eigenvalue weighted by Gasteiger charge is 2.19. The topological polar surface area (TPSA) is 19.7 Å². The molecule has 4 heterocycles. The molecule has 0 unspecified atom stereocenters. The maximum Gasteiger partial charge on any atom is 0.0548 e. The second-order valence-electron chi connectivity index (χ2n) is 13.7. The Bertz CT molecular complexity index is 2940. The summed E-state index contributed by atoms with van der Waals surface area (Å²) < 4.78 is 9.39. The van der Waals surface area contributed by atoms with Gasteiger partial charge in [0.1, 0.15) is 0 Å². The summed E-state index contributed by atoms with van der Waals surface area (Å²) in [4.78, 5) is 0. The van der Waals surface area contributed by atoms with Gasteiger partial charge in [0, 0.05) is 67.5 Å². The van der Waals surface area contributed by atoms with E-state index in [2.05, 4.69) is 201 Å². The molecule has 0 N–H and O–H groups in total. The van der Waals surface area contributed by atoms with Crippen LogP contribution >= 0.6 is 0 Å². The minimum Gasteiger partial charge on any atom is -0.317 e. The number of nitrogens with zero attached hydrogens (tertiary/aromatic N) is 4. The molecular weight excluding hydrogens is 657 g/mol.